The van der Waals surface area contributed by atoms with Crippen LogP contribution in [0.5, 0.6) is 0 Å². The molecule has 2 heterocycles. The summed E-state index contributed by atoms with van der Waals surface area (Å²) in [7, 11) is -3.83. The highest BCUT2D eigenvalue weighted by Gasteiger charge is 2.26. The van der Waals surface area contributed by atoms with Gasteiger partial charge in [-0.2, -0.15) is 0 Å². The minimum absolute atomic E-state index is 0.00818. The average molecular weight is 385 g/mol. The van der Waals surface area contributed by atoms with Crippen LogP contribution in [0.25, 0.3) is 0 Å². The molecule has 2 aliphatic rings. The summed E-state index contributed by atoms with van der Waals surface area (Å²) in [6.07, 6.45) is 2.07. The van der Waals surface area contributed by atoms with Crippen molar-refractivity contribution in [3.63, 3.8) is 0 Å². The van der Waals surface area contributed by atoms with Crippen LogP contribution in [-0.2, 0) is 26.0 Å². The Hall–Kier alpha value is -2.87. The van der Waals surface area contributed by atoms with Crippen LogP contribution >= 0.6 is 0 Å². The van der Waals surface area contributed by atoms with Gasteiger partial charge in [0.25, 0.3) is 10.0 Å². The standard InChI is InChI=1S/C19H19N3O4S/c23-18-10-7-13-12-14(8-9-15(13)20-18)27(25,26)21-16-4-1-2-5-17(16)22-11-3-6-19(22)24/h1-2,4-5,8-9,12,21H,3,6-7,10-11H2,(H,20,23). The number of anilines is 3. The SMILES string of the molecule is O=C1CCc2cc(S(=O)(=O)Nc3ccccc3N3CCCC3=O)ccc2N1. The molecule has 4 rings (SSSR count). The molecular formula is C19H19N3O4S. The van der Waals surface area contributed by atoms with Crippen LogP contribution in [0, 0.1) is 0 Å². The van der Waals surface area contributed by atoms with Crippen molar-refractivity contribution in [2.75, 3.05) is 21.5 Å². The highest BCUT2D eigenvalue weighted by molar-refractivity contribution is 7.92. The van der Waals surface area contributed by atoms with Crippen LogP contribution in [0.4, 0.5) is 17.1 Å². The van der Waals surface area contributed by atoms with E-state index in [1.54, 1.807) is 41.3 Å². The van der Waals surface area contributed by atoms with E-state index >= 15 is 0 Å². The average Bonchev–Trinajstić information content (AvgIpc) is 3.07. The molecule has 2 amide bonds. The number of hydrogen-bond acceptors (Lipinski definition) is 4. The van der Waals surface area contributed by atoms with Gasteiger partial charge < -0.3 is 10.2 Å². The van der Waals surface area contributed by atoms with Crippen molar-refractivity contribution >= 4 is 38.9 Å². The van der Waals surface area contributed by atoms with Gasteiger partial charge in [-0.15, -0.1) is 0 Å². The van der Waals surface area contributed by atoms with Crippen LogP contribution in [0.3, 0.4) is 0 Å². The van der Waals surface area contributed by atoms with E-state index in [2.05, 4.69) is 10.0 Å². The molecule has 27 heavy (non-hydrogen) atoms. The van der Waals surface area contributed by atoms with Gasteiger partial charge in [0.05, 0.1) is 16.3 Å². The van der Waals surface area contributed by atoms with Gasteiger partial charge >= 0.3 is 0 Å². The van der Waals surface area contributed by atoms with Gasteiger partial charge in [-0.05, 0) is 48.7 Å². The second-order valence-corrected chi connectivity index (χ2v) is 8.32. The monoisotopic (exact) mass is 385 g/mol. The second kappa shape index (κ2) is 6.70. The first-order valence-electron chi connectivity index (χ1n) is 8.79. The number of benzene rings is 2. The molecule has 2 N–H and O–H groups in total. The Balaban J connectivity index is 1.65. The number of carbonyl (C=O) groups is 2. The molecule has 8 heteroatoms. The molecule has 2 aromatic carbocycles. The first-order chi connectivity index (χ1) is 12.9. The van der Waals surface area contributed by atoms with E-state index in [1.807, 2.05) is 0 Å². The quantitative estimate of drug-likeness (QED) is 0.845. The Morgan fingerprint density at radius 3 is 2.59 bits per heavy atom. The number of sulfonamides is 1. The lowest BCUT2D eigenvalue weighted by Gasteiger charge is -2.21. The normalized spacial score (nSPS) is 16.8. The van der Waals surface area contributed by atoms with E-state index in [0.717, 1.165) is 12.0 Å². The van der Waals surface area contributed by atoms with Gasteiger partial charge in [-0.25, -0.2) is 8.42 Å². The Morgan fingerprint density at radius 1 is 1.00 bits per heavy atom. The number of nitrogens with one attached hydrogen (secondary N) is 2. The summed E-state index contributed by atoms with van der Waals surface area (Å²) in [4.78, 5) is 25.3. The summed E-state index contributed by atoms with van der Waals surface area (Å²) < 4.78 is 28.4. The van der Waals surface area contributed by atoms with Gasteiger partial charge in [0.15, 0.2) is 0 Å². The minimum Gasteiger partial charge on any atom is -0.326 e. The number of amides is 2. The third kappa shape index (κ3) is 3.40. The molecule has 0 spiro atoms. The van der Waals surface area contributed by atoms with Crippen LogP contribution in [-0.4, -0.2) is 26.8 Å². The number of nitrogens with zero attached hydrogens (tertiary/aromatic N) is 1. The second-order valence-electron chi connectivity index (χ2n) is 6.64. The molecule has 140 valence electrons. The number of aryl methyl sites for hydroxylation is 1. The number of para-hydroxylation sites is 2. The van der Waals surface area contributed by atoms with Crippen LogP contribution in [0.2, 0.25) is 0 Å². The first kappa shape index (κ1) is 17.5. The summed E-state index contributed by atoms with van der Waals surface area (Å²) in [5, 5.41) is 2.74. The zero-order valence-corrected chi connectivity index (χ0v) is 15.4. The number of carbonyl (C=O) groups excluding carboxylic acids is 2. The predicted octanol–water partition coefficient (Wildman–Crippen LogP) is 2.50. The van der Waals surface area contributed by atoms with Gasteiger partial charge in [-0.1, -0.05) is 12.1 Å². The third-order valence-electron chi connectivity index (χ3n) is 4.80. The lowest BCUT2D eigenvalue weighted by atomic mass is 10.0. The Bertz CT molecular complexity index is 1030. The fraction of sp³-hybridized carbons (Fsp3) is 0.263. The molecule has 0 unspecified atom stereocenters. The van der Waals surface area contributed by atoms with Gasteiger partial charge in [0.2, 0.25) is 11.8 Å². The fourth-order valence-electron chi connectivity index (χ4n) is 3.43. The molecule has 0 bridgehead atoms. The predicted molar refractivity (Wildman–Crippen MR) is 102 cm³/mol. The highest BCUT2D eigenvalue weighted by atomic mass is 32.2. The smallest absolute Gasteiger partial charge is 0.261 e. The van der Waals surface area contributed by atoms with Crippen molar-refractivity contribution in [3.05, 3.63) is 48.0 Å². The molecule has 2 aromatic rings. The third-order valence-corrected chi connectivity index (χ3v) is 6.16. The number of rotatable bonds is 4. The summed E-state index contributed by atoms with van der Waals surface area (Å²) in [6.45, 7) is 0.579. The van der Waals surface area contributed by atoms with Crippen LogP contribution < -0.4 is 14.9 Å². The topological polar surface area (TPSA) is 95.6 Å². The zero-order chi connectivity index (χ0) is 19.0. The van der Waals surface area contributed by atoms with Crippen molar-refractivity contribution in [3.8, 4) is 0 Å². The minimum atomic E-state index is -3.83. The lowest BCUT2D eigenvalue weighted by molar-refractivity contribution is -0.117. The van der Waals surface area contributed by atoms with Crippen molar-refractivity contribution in [2.24, 2.45) is 0 Å². The lowest BCUT2D eigenvalue weighted by Crippen LogP contribution is -2.25. The number of hydrogen-bond donors (Lipinski definition) is 2. The fourth-order valence-corrected chi connectivity index (χ4v) is 4.55. The zero-order valence-electron chi connectivity index (χ0n) is 14.6. The van der Waals surface area contributed by atoms with Crippen molar-refractivity contribution in [1.82, 2.24) is 0 Å². The van der Waals surface area contributed by atoms with E-state index in [9.17, 15) is 18.0 Å². The Kier molecular flexibility index (Phi) is 4.35. The largest absolute Gasteiger partial charge is 0.326 e. The van der Waals surface area contributed by atoms with Gasteiger partial charge in [0, 0.05) is 25.1 Å². The van der Waals surface area contributed by atoms with Crippen molar-refractivity contribution in [1.29, 1.82) is 0 Å². The maximum Gasteiger partial charge on any atom is 0.261 e. The van der Waals surface area contributed by atoms with E-state index in [0.29, 0.717) is 42.9 Å². The summed E-state index contributed by atoms with van der Waals surface area (Å²) in [5.74, 6) is -0.0772. The molecule has 7 nitrogen and oxygen atoms in total. The molecule has 0 aromatic heterocycles. The van der Waals surface area contributed by atoms with E-state index in [4.69, 9.17) is 0 Å². The molecule has 1 saturated heterocycles. The van der Waals surface area contributed by atoms with Gasteiger partial charge in [-0.3, -0.25) is 14.3 Å². The molecule has 1 fully saturated rings. The molecule has 0 atom stereocenters. The van der Waals surface area contributed by atoms with E-state index < -0.39 is 10.0 Å². The maximum atomic E-state index is 12.9. The summed E-state index contributed by atoms with van der Waals surface area (Å²) >= 11 is 0. The molecule has 2 aliphatic heterocycles. The van der Waals surface area contributed by atoms with E-state index in [1.165, 1.54) is 6.07 Å². The van der Waals surface area contributed by atoms with Crippen molar-refractivity contribution in [2.45, 2.75) is 30.6 Å². The Labute approximate surface area is 157 Å². The molecule has 0 saturated carbocycles. The summed E-state index contributed by atoms with van der Waals surface area (Å²) in [6, 6.07) is 11.6. The van der Waals surface area contributed by atoms with Crippen molar-refractivity contribution < 1.29 is 18.0 Å². The molecular weight excluding hydrogens is 366 g/mol. The molecule has 0 aliphatic carbocycles. The van der Waals surface area contributed by atoms with Gasteiger partial charge in [0.1, 0.15) is 0 Å². The maximum absolute atomic E-state index is 12.9. The van der Waals surface area contributed by atoms with E-state index in [-0.39, 0.29) is 16.7 Å². The first-order valence-corrected chi connectivity index (χ1v) is 10.3. The number of fused-ring (bicyclic) bond motifs is 1. The highest BCUT2D eigenvalue weighted by Crippen LogP contribution is 2.32. The molecule has 0 radical (unpaired) electrons. The van der Waals surface area contributed by atoms with Crippen LogP contribution in [0.15, 0.2) is 47.4 Å². The Morgan fingerprint density at radius 2 is 1.81 bits per heavy atom. The summed E-state index contributed by atoms with van der Waals surface area (Å²) in [5.41, 5.74) is 2.38. The van der Waals surface area contributed by atoms with Crippen LogP contribution in [0.1, 0.15) is 24.8 Å².